The lowest BCUT2D eigenvalue weighted by atomic mass is 10.0. The van der Waals surface area contributed by atoms with Crippen molar-refractivity contribution >= 4 is 23.5 Å². The number of aromatic nitrogens is 1. The molecule has 11 heteroatoms. The molecule has 0 aliphatic heterocycles. The lowest BCUT2D eigenvalue weighted by molar-refractivity contribution is -0.157. The number of aryl methyl sites for hydroxylation is 1. The van der Waals surface area contributed by atoms with Crippen molar-refractivity contribution in [1.82, 2.24) is 10.5 Å². The number of aliphatic carboxylic acids is 1. The monoisotopic (exact) mass is 394 g/mol. The average molecular weight is 395 g/mol. The minimum atomic E-state index is -4.82. The third-order valence-corrected chi connectivity index (χ3v) is 3.64. The number of nitrogens with one attached hydrogen (secondary N) is 1. The van der Waals surface area contributed by atoms with Crippen LogP contribution in [0.5, 0.6) is 0 Å². The number of carboxylic acids is 1. The van der Waals surface area contributed by atoms with Gasteiger partial charge in [0.15, 0.2) is 0 Å². The van der Waals surface area contributed by atoms with Crippen molar-refractivity contribution in [3.05, 3.63) is 40.4 Å². The average Bonchev–Trinajstić information content (AvgIpc) is 2.86. The van der Waals surface area contributed by atoms with Crippen molar-refractivity contribution in [3.63, 3.8) is 0 Å². The largest absolute Gasteiger partial charge is 0.480 e. The Bertz CT molecular complexity index is 830. The van der Waals surface area contributed by atoms with Gasteiger partial charge in [-0.05, 0) is 19.1 Å². The van der Waals surface area contributed by atoms with Crippen LogP contribution in [-0.4, -0.2) is 34.4 Å². The van der Waals surface area contributed by atoms with Gasteiger partial charge < -0.3 is 14.9 Å². The summed E-state index contributed by atoms with van der Waals surface area (Å²) in [5.41, 5.74) is -1.05. The molecule has 1 aromatic heterocycles. The number of benzene rings is 1. The van der Waals surface area contributed by atoms with Gasteiger partial charge in [-0.15, -0.1) is 0 Å². The topological polar surface area (TPSA) is 92.4 Å². The minimum absolute atomic E-state index is 0.113. The summed E-state index contributed by atoms with van der Waals surface area (Å²) in [6, 6.07) is 1.42. The second-order valence-electron chi connectivity index (χ2n) is 5.24. The Hall–Kier alpha value is -2.62. The number of hydrogen-bond donors (Lipinski definition) is 2. The van der Waals surface area contributed by atoms with E-state index in [1.165, 1.54) is 19.1 Å². The second kappa shape index (κ2) is 7.32. The highest BCUT2D eigenvalue weighted by atomic mass is 35.5. The molecule has 0 radical (unpaired) electrons. The fourth-order valence-electron chi connectivity index (χ4n) is 2.20. The molecule has 26 heavy (non-hydrogen) atoms. The first-order valence-electron chi connectivity index (χ1n) is 7.02. The van der Waals surface area contributed by atoms with Gasteiger partial charge in [-0.25, -0.2) is 9.18 Å². The molecule has 6 nitrogen and oxygen atoms in total. The Labute approximate surface area is 148 Å². The molecule has 1 heterocycles. The Kier molecular flexibility index (Phi) is 5.55. The number of amides is 1. The summed E-state index contributed by atoms with van der Waals surface area (Å²) in [4.78, 5) is 23.3. The third-order valence-electron chi connectivity index (χ3n) is 3.33. The van der Waals surface area contributed by atoms with Crippen LogP contribution in [0.25, 0.3) is 11.3 Å². The van der Waals surface area contributed by atoms with Crippen LogP contribution in [0, 0.1) is 12.7 Å². The zero-order valence-corrected chi connectivity index (χ0v) is 13.8. The number of carbonyl (C=O) groups is 2. The molecule has 0 aliphatic carbocycles. The maximum Gasteiger partial charge on any atom is 0.391 e. The molecular weight excluding hydrogens is 384 g/mol. The quantitative estimate of drug-likeness (QED) is 0.756. The van der Waals surface area contributed by atoms with E-state index >= 15 is 0 Å². The van der Waals surface area contributed by atoms with Crippen molar-refractivity contribution in [1.29, 1.82) is 0 Å². The van der Waals surface area contributed by atoms with E-state index < -0.39 is 41.9 Å². The first-order valence-corrected chi connectivity index (χ1v) is 7.40. The summed E-state index contributed by atoms with van der Waals surface area (Å²) in [7, 11) is 0. The van der Waals surface area contributed by atoms with Gasteiger partial charge in [0.1, 0.15) is 28.9 Å². The van der Waals surface area contributed by atoms with Gasteiger partial charge in [0.05, 0.1) is 17.0 Å². The summed E-state index contributed by atoms with van der Waals surface area (Å²) >= 11 is 5.90. The zero-order valence-electron chi connectivity index (χ0n) is 13.0. The maximum absolute atomic E-state index is 14.1. The van der Waals surface area contributed by atoms with Crippen molar-refractivity contribution in [2.24, 2.45) is 0 Å². The molecule has 0 spiro atoms. The van der Waals surface area contributed by atoms with Gasteiger partial charge in [-0.1, -0.05) is 22.8 Å². The van der Waals surface area contributed by atoms with Crippen LogP contribution in [0.15, 0.2) is 22.7 Å². The zero-order chi connectivity index (χ0) is 19.6. The highest BCUT2D eigenvalue weighted by molar-refractivity contribution is 6.33. The highest BCUT2D eigenvalue weighted by Gasteiger charge is 2.37. The number of nitrogens with zero attached hydrogens (tertiary/aromatic N) is 1. The Balaban J connectivity index is 2.42. The third kappa shape index (κ3) is 4.31. The molecule has 1 unspecified atom stereocenters. The van der Waals surface area contributed by atoms with Crippen LogP contribution < -0.4 is 5.32 Å². The van der Waals surface area contributed by atoms with Crippen LogP contribution in [0.3, 0.4) is 0 Å². The number of carboxylic acid groups (broad SMARTS) is 1. The molecule has 1 aromatic carbocycles. The summed E-state index contributed by atoms with van der Waals surface area (Å²) in [6.45, 7) is 1.26. The molecule has 0 saturated heterocycles. The van der Waals surface area contributed by atoms with E-state index in [-0.39, 0.29) is 22.0 Å². The summed E-state index contributed by atoms with van der Waals surface area (Å²) < 4.78 is 56.3. The Morgan fingerprint density at radius 1 is 1.38 bits per heavy atom. The van der Waals surface area contributed by atoms with Gasteiger partial charge in [-0.3, -0.25) is 4.79 Å². The molecule has 1 atom stereocenters. The number of halogens is 5. The van der Waals surface area contributed by atoms with Gasteiger partial charge in [-0.2, -0.15) is 13.2 Å². The van der Waals surface area contributed by atoms with Crippen LogP contribution in [0.4, 0.5) is 17.6 Å². The first kappa shape index (κ1) is 19.7. The molecule has 2 N–H and O–H groups in total. The Morgan fingerprint density at radius 3 is 2.58 bits per heavy atom. The molecule has 0 bridgehead atoms. The SMILES string of the molecule is Cc1onc(-c2c(F)cccc2Cl)c1C(=O)NC(CC(F)(F)F)C(=O)O. The Morgan fingerprint density at radius 2 is 2.04 bits per heavy atom. The standard InChI is InChI=1S/C15H11ClF4N2O4/c1-6-10(13(23)21-9(14(24)25)5-15(18,19)20)12(22-26-6)11-7(16)3-2-4-8(11)17/h2-4,9H,5H2,1H3,(H,21,23)(H,24,25). The first-order chi connectivity index (χ1) is 12.0. The van der Waals surface area contributed by atoms with E-state index in [1.54, 1.807) is 5.32 Å². The van der Waals surface area contributed by atoms with Crippen LogP contribution in [0.1, 0.15) is 22.5 Å². The lowest BCUT2D eigenvalue weighted by Gasteiger charge is -2.16. The van der Waals surface area contributed by atoms with Crippen LogP contribution in [0.2, 0.25) is 5.02 Å². The van der Waals surface area contributed by atoms with Gasteiger partial charge in [0, 0.05) is 0 Å². The number of rotatable bonds is 5. The summed E-state index contributed by atoms with van der Waals surface area (Å²) in [5, 5.41) is 14.0. The smallest absolute Gasteiger partial charge is 0.391 e. The fraction of sp³-hybridized carbons (Fsp3) is 0.267. The van der Waals surface area contributed by atoms with E-state index in [2.05, 4.69) is 5.16 Å². The van der Waals surface area contributed by atoms with E-state index in [9.17, 15) is 27.2 Å². The van der Waals surface area contributed by atoms with E-state index in [1.807, 2.05) is 0 Å². The minimum Gasteiger partial charge on any atom is -0.480 e. The summed E-state index contributed by atoms with van der Waals surface area (Å²) in [6.07, 6.45) is -6.61. The number of hydrogen-bond acceptors (Lipinski definition) is 4. The number of carbonyl (C=O) groups excluding carboxylic acids is 1. The molecule has 1 amide bonds. The molecule has 2 rings (SSSR count). The van der Waals surface area contributed by atoms with Crippen molar-refractivity contribution in [2.45, 2.75) is 25.6 Å². The highest BCUT2D eigenvalue weighted by Crippen LogP contribution is 2.33. The maximum atomic E-state index is 14.1. The van der Waals surface area contributed by atoms with Crippen LogP contribution >= 0.6 is 11.6 Å². The predicted molar refractivity (Wildman–Crippen MR) is 81.2 cm³/mol. The van der Waals surface area contributed by atoms with Gasteiger partial charge in [0.25, 0.3) is 5.91 Å². The molecule has 0 saturated carbocycles. The molecule has 140 valence electrons. The van der Waals surface area contributed by atoms with E-state index in [0.717, 1.165) is 6.07 Å². The van der Waals surface area contributed by atoms with E-state index in [0.29, 0.717) is 0 Å². The number of alkyl halides is 3. The lowest BCUT2D eigenvalue weighted by Crippen LogP contribution is -2.43. The molecular formula is C15H11ClF4N2O4. The van der Waals surface area contributed by atoms with Crippen molar-refractivity contribution in [3.8, 4) is 11.3 Å². The molecule has 2 aromatic rings. The van der Waals surface area contributed by atoms with Gasteiger partial charge in [0.2, 0.25) is 0 Å². The normalized spacial score (nSPS) is 12.7. The summed E-state index contributed by atoms with van der Waals surface area (Å²) in [5.74, 6) is -4.08. The molecule has 0 aliphatic rings. The predicted octanol–water partition coefficient (Wildman–Crippen LogP) is 3.58. The van der Waals surface area contributed by atoms with E-state index in [4.69, 9.17) is 21.2 Å². The van der Waals surface area contributed by atoms with Gasteiger partial charge >= 0.3 is 12.1 Å². The fourth-order valence-corrected chi connectivity index (χ4v) is 2.45. The molecule has 0 fully saturated rings. The second-order valence-corrected chi connectivity index (χ2v) is 5.65. The van der Waals surface area contributed by atoms with Crippen molar-refractivity contribution in [2.75, 3.05) is 0 Å². The van der Waals surface area contributed by atoms with Crippen LogP contribution in [-0.2, 0) is 4.79 Å². The van der Waals surface area contributed by atoms with Crippen molar-refractivity contribution < 1.29 is 36.8 Å².